The first kappa shape index (κ1) is 17.7. The molecule has 0 aromatic carbocycles. The number of pyridine rings is 1. The zero-order valence-corrected chi connectivity index (χ0v) is 14.8. The third kappa shape index (κ3) is 2.78. The monoisotopic (exact) mass is 349 g/mol. The molecule has 1 atom stereocenters. The van der Waals surface area contributed by atoms with Crippen molar-refractivity contribution in [2.75, 3.05) is 6.54 Å². The topological polar surface area (TPSA) is 74.9 Å². The van der Waals surface area contributed by atoms with Crippen molar-refractivity contribution in [1.82, 2.24) is 14.3 Å². The van der Waals surface area contributed by atoms with Crippen molar-refractivity contribution in [1.29, 1.82) is 0 Å². The Labute approximate surface area is 161 Å². The summed E-state index contributed by atoms with van der Waals surface area (Å²) in [6.07, 6.45) is 3.98. The SMILES string of the molecule is C[C@@H]1c2scc(C(=O)O)c2CCN1C(=O)c1cnc2ccccn12.[H-].[Li+]. The predicted octanol–water partition coefficient (Wildman–Crippen LogP) is -0.0300. The van der Waals surface area contributed by atoms with E-state index in [9.17, 15) is 14.7 Å². The fraction of sp³-hybridized carbons (Fsp3) is 0.235. The number of imidazole rings is 1. The number of rotatable bonds is 2. The second-order valence-electron chi connectivity index (χ2n) is 5.79. The standard InChI is InChI=1S/C17H15N3O3S.Li.H/c1-10-15-11(12(9-24-15)17(22)23)5-7-19(10)16(21)13-8-18-14-4-2-3-6-20(13)14;;/h2-4,6,8-10H,5,7H2,1H3,(H,22,23);;/q;+1;-1/t10-;;/m1../s1. The number of carbonyl (C=O) groups is 2. The molecule has 8 heteroatoms. The molecule has 0 fully saturated rings. The number of aromatic nitrogens is 2. The molecule has 4 heterocycles. The van der Waals surface area contributed by atoms with E-state index in [0.29, 0.717) is 24.2 Å². The Morgan fingerprint density at radius 2 is 2.20 bits per heavy atom. The molecule has 1 amide bonds. The minimum atomic E-state index is -0.902. The zero-order valence-electron chi connectivity index (χ0n) is 15.0. The van der Waals surface area contributed by atoms with Crippen molar-refractivity contribution < 1.29 is 35.0 Å². The summed E-state index contributed by atoms with van der Waals surface area (Å²) in [5.74, 6) is -0.988. The summed E-state index contributed by atoms with van der Waals surface area (Å²) >= 11 is 1.41. The molecule has 1 N–H and O–H groups in total. The van der Waals surface area contributed by atoms with Gasteiger partial charge in [0, 0.05) is 23.0 Å². The van der Waals surface area contributed by atoms with Crippen LogP contribution >= 0.6 is 11.3 Å². The van der Waals surface area contributed by atoms with E-state index in [4.69, 9.17) is 0 Å². The fourth-order valence-corrected chi connectivity index (χ4v) is 4.43. The van der Waals surface area contributed by atoms with Gasteiger partial charge in [-0.05, 0) is 31.0 Å². The third-order valence-corrected chi connectivity index (χ3v) is 5.70. The van der Waals surface area contributed by atoms with Crippen LogP contribution in [0.3, 0.4) is 0 Å². The van der Waals surface area contributed by atoms with Gasteiger partial charge in [0.25, 0.3) is 5.91 Å². The molecule has 0 bridgehead atoms. The van der Waals surface area contributed by atoms with E-state index in [1.165, 1.54) is 11.3 Å². The molecule has 0 spiro atoms. The molecular formula is C17H16LiN3O3S. The summed E-state index contributed by atoms with van der Waals surface area (Å²) in [5, 5.41) is 10.9. The zero-order chi connectivity index (χ0) is 16.8. The second-order valence-corrected chi connectivity index (χ2v) is 6.71. The van der Waals surface area contributed by atoms with E-state index >= 15 is 0 Å². The van der Waals surface area contributed by atoms with Gasteiger partial charge in [-0.2, -0.15) is 0 Å². The van der Waals surface area contributed by atoms with Gasteiger partial charge in [0.2, 0.25) is 0 Å². The number of thiophene rings is 1. The van der Waals surface area contributed by atoms with Crippen LogP contribution in [0.5, 0.6) is 0 Å². The normalized spacial score (nSPS) is 16.4. The quantitative estimate of drug-likeness (QED) is 0.660. The third-order valence-electron chi connectivity index (χ3n) is 4.50. The van der Waals surface area contributed by atoms with E-state index in [1.54, 1.807) is 20.9 Å². The minimum Gasteiger partial charge on any atom is -1.00 e. The van der Waals surface area contributed by atoms with Crippen molar-refractivity contribution in [3.8, 4) is 0 Å². The molecule has 4 rings (SSSR count). The Kier molecular flexibility index (Phi) is 4.74. The van der Waals surface area contributed by atoms with Gasteiger partial charge in [0.1, 0.15) is 11.3 Å². The van der Waals surface area contributed by atoms with Crippen molar-refractivity contribution in [2.45, 2.75) is 19.4 Å². The van der Waals surface area contributed by atoms with Crippen LogP contribution < -0.4 is 18.9 Å². The number of aromatic carboxylic acids is 1. The largest absolute Gasteiger partial charge is 1.00 e. The van der Waals surface area contributed by atoms with Crippen molar-refractivity contribution in [3.63, 3.8) is 0 Å². The first-order valence-electron chi connectivity index (χ1n) is 7.64. The van der Waals surface area contributed by atoms with Gasteiger partial charge in [-0.25, -0.2) is 9.78 Å². The van der Waals surface area contributed by atoms with E-state index in [0.717, 1.165) is 16.1 Å². The molecule has 0 aliphatic carbocycles. The molecule has 6 nitrogen and oxygen atoms in total. The number of carbonyl (C=O) groups excluding carboxylic acids is 1. The van der Waals surface area contributed by atoms with E-state index in [-0.39, 0.29) is 32.2 Å². The first-order chi connectivity index (χ1) is 11.6. The van der Waals surface area contributed by atoms with Crippen LogP contribution in [-0.4, -0.2) is 37.8 Å². The molecule has 0 saturated heterocycles. The maximum Gasteiger partial charge on any atom is 1.00 e. The molecule has 0 saturated carbocycles. The van der Waals surface area contributed by atoms with Gasteiger partial charge in [-0.15, -0.1) is 11.3 Å². The maximum atomic E-state index is 13.0. The van der Waals surface area contributed by atoms with Crippen LogP contribution in [0, 0.1) is 0 Å². The van der Waals surface area contributed by atoms with E-state index in [1.807, 2.05) is 31.3 Å². The molecule has 1 aliphatic rings. The summed E-state index contributed by atoms with van der Waals surface area (Å²) in [5.41, 5.74) is 2.48. The molecule has 1 aliphatic heterocycles. The molecule has 3 aromatic heterocycles. The Balaban J connectivity index is 0.00000121. The summed E-state index contributed by atoms with van der Waals surface area (Å²) < 4.78 is 1.78. The van der Waals surface area contributed by atoms with Gasteiger partial charge >= 0.3 is 24.8 Å². The predicted molar refractivity (Wildman–Crippen MR) is 90.7 cm³/mol. The van der Waals surface area contributed by atoms with Crippen LogP contribution in [0.15, 0.2) is 36.0 Å². The summed E-state index contributed by atoms with van der Waals surface area (Å²) in [7, 11) is 0. The summed E-state index contributed by atoms with van der Waals surface area (Å²) in [6.45, 7) is 2.45. The van der Waals surface area contributed by atoms with Gasteiger partial charge in [0.05, 0.1) is 17.8 Å². The van der Waals surface area contributed by atoms with Crippen molar-refractivity contribution in [2.24, 2.45) is 0 Å². The molecule has 0 unspecified atom stereocenters. The van der Waals surface area contributed by atoms with Crippen molar-refractivity contribution >= 4 is 28.9 Å². The number of nitrogens with zero attached hydrogens (tertiary/aromatic N) is 3. The Hall–Kier alpha value is -2.07. The Morgan fingerprint density at radius 1 is 1.40 bits per heavy atom. The average Bonchev–Trinajstić information content (AvgIpc) is 3.19. The first-order valence-corrected chi connectivity index (χ1v) is 8.52. The minimum absolute atomic E-state index is 0. The van der Waals surface area contributed by atoms with Gasteiger partial charge in [-0.3, -0.25) is 9.20 Å². The molecule has 124 valence electrons. The number of hydrogen-bond donors (Lipinski definition) is 1. The number of carboxylic acids is 1. The van der Waals surface area contributed by atoms with Gasteiger partial charge < -0.3 is 11.4 Å². The van der Waals surface area contributed by atoms with Crippen LogP contribution in [-0.2, 0) is 6.42 Å². The summed E-state index contributed by atoms with van der Waals surface area (Å²) in [4.78, 5) is 31.3. The smallest absolute Gasteiger partial charge is 1.00 e. The van der Waals surface area contributed by atoms with Gasteiger partial charge in [-0.1, -0.05) is 6.07 Å². The van der Waals surface area contributed by atoms with Crippen LogP contribution in [0.4, 0.5) is 0 Å². The second kappa shape index (κ2) is 6.68. The van der Waals surface area contributed by atoms with Gasteiger partial charge in [0.15, 0.2) is 0 Å². The number of fused-ring (bicyclic) bond motifs is 2. The maximum absolute atomic E-state index is 13.0. The van der Waals surface area contributed by atoms with Crippen molar-refractivity contribution in [3.05, 3.63) is 57.7 Å². The molecule has 3 aromatic rings. The van der Waals surface area contributed by atoms with E-state index in [2.05, 4.69) is 4.98 Å². The van der Waals surface area contributed by atoms with Crippen LogP contribution in [0.25, 0.3) is 5.65 Å². The summed E-state index contributed by atoms with van der Waals surface area (Å²) in [6, 6.07) is 5.45. The molecular weight excluding hydrogens is 333 g/mol. The molecule has 25 heavy (non-hydrogen) atoms. The Morgan fingerprint density at radius 3 is 2.96 bits per heavy atom. The average molecular weight is 349 g/mol. The van der Waals surface area contributed by atoms with E-state index < -0.39 is 5.97 Å². The number of hydrogen-bond acceptors (Lipinski definition) is 4. The van der Waals surface area contributed by atoms with Crippen LogP contribution in [0.1, 0.15) is 45.7 Å². The van der Waals surface area contributed by atoms with Crippen LogP contribution in [0.2, 0.25) is 0 Å². The number of carboxylic acid groups (broad SMARTS) is 1. The number of amides is 1. The Bertz CT molecular complexity index is 971. The molecule has 0 radical (unpaired) electrons. The fourth-order valence-electron chi connectivity index (χ4n) is 3.27.